The Morgan fingerprint density at radius 1 is 0.744 bits per heavy atom. The Morgan fingerprint density at radius 3 is 1.54 bits per heavy atom. The largest absolute Gasteiger partial charge is 0.465 e. The Kier molecular flexibility index (Phi) is 6.10. The molecule has 226 valence electrons. The minimum atomic E-state index is -7.40. The van der Waals surface area contributed by atoms with Gasteiger partial charge in [0.15, 0.2) is 0 Å². The lowest BCUT2D eigenvalue weighted by Crippen LogP contribution is -2.84. The van der Waals surface area contributed by atoms with Crippen LogP contribution < -0.4 is 0 Å². The molecule has 5 aliphatic rings. The van der Waals surface area contributed by atoms with Gasteiger partial charge in [-0.25, -0.2) is 9.18 Å². The van der Waals surface area contributed by atoms with E-state index in [0.29, 0.717) is 0 Å². The lowest BCUT2D eigenvalue weighted by Gasteiger charge is -2.61. The highest BCUT2D eigenvalue weighted by Crippen LogP contribution is 2.70. The molecule has 5 saturated carbocycles. The summed E-state index contributed by atoms with van der Waals surface area (Å²) in [5.74, 6) is -40.7. The molecule has 5 fully saturated rings. The summed E-state index contributed by atoms with van der Waals surface area (Å²) < 4.78 is 222. The fraction of sp³-hybridized carbons (Fsp3) is 0.947. The van der Waals surface area contributed by atoms with E-state index >= 15 is 4.39 Å². The maximum atomic E-state index is 15.1. The second kappa shape index (κ2) is 7.83. The summed E-state index contributed by atoms with van der Waals surface area (Å²) in [6.07, 6.45) is -2.19. The summed E-state index contributed by atoms with van der Waals surface area (Å²) in [7, 11) is -6.35. The minimum absolute atomic E-state index is 0.189. The Hall–Kier alpha value is -1.57. The van der Waals surface area contributed by atoms with Crippen LogP contribution in [0.25, 0.3) is 0 Å². The van der Waals surface area contributed by atoms with Gasteiger partial charge in [0.25, 0.3) is 5.67 Å². The van der Waals surface area contributed by atoms with E-state index in [0.717, 1.165) is 0 Å². The SMILES string of the molecule is O=C(OC12CC3CC(CC(OCC4(F)C(F)(F)C(F)(F)C(F)(F)C(F)(F)C4(F)F)(C3)C1)C2)C(F)(F)S(=O)(=O)O. The van der Waals surface area contributed by atoms with E-state index in [4.69, 9.17) is 9.29 Å². The fourth-order valence-corrected chi connectivity index (χ4v) is 6.72. The molecule has 0 aromatic carbocycles. The minimum Gasteiger partial charge on any atom is -0.454 e. The second-order valence-electron chi connectivity index (χ2n) is 10.7. The molecule has 2 unspecified atom stereocenters. The Labute approximate surface area is 209 Å². The zero-order valence-electron chi connectivity index (χ0n) is 18.9. The molecule has 6 nitrogen and oxygen atoms in total. The topological polar surface area (TPSA) is 89.9 Å². The molecule has 20 heteroatoms. The second-order valence-corrected chi connectivity index (χ2v) is 12.1. The van der Waals surface area contributed by atoms with Crippen molar-refractivity contribution in [3.63, 3.8) is 0 Å². The first kappa shape index (κ1) is 30.4. The van der Waals surface area contributed by atoms with E-state index in [1.165, 1.54) is 0 Å². The van der Waals surface area contributed by atoms with Crippen molar-refractivity contribution < 1.29 is 84.3 Å². The maximum absolute atomic E-state index is 15.1. The number of carbonyl (C=O) groups is 1. The number of alkyl halides is 13. The third-order valence-electron chi connectivity index (χ3n) is 7.97. The first-order valence-corrected chi connectivity index (χ1v) is 12.4. The number of ether oxygens (including phenoxy) is 2. The molecule has 0 aromatic rings. The number of hydrogen-bond acceptors (Lipinski definition) is 5. The number of carbonyl (C=O) groups excluding carboxylic acids is 1. The summed E-state index contributed by atoms with van der Waals surface area (Å²) >= 11 is 0. The fourth-order valence-electron chi connectivity index (χ4n) is 6.47. The van der Waals surface area contributed by atoms with E-state index in [1.54, 1.807) is 0 Å². The van der Waals surface area contributed by atoms with Crippen molar-refractivity contribution in [2.75, 3.05) is 6.61 Å². The van der Waals surface area contributed by atoms with E-state index < -0.39 is 106 Å². The third kappa shape index (κ3) is 3.61. The third-order valence-corrected chi connectivity index (χ3v) is 8.79. The highest BCUT2D eigenvalue weighted by atomic mass is 32.2. The monoisotopic (exact) mass is 620 g/mol. The van der Waals surface area contributed by atoms with Crippen LogP contribution in [0.3, 0.4) is 0 Å². The van der Waals surface area contributed by atoms with Gasteiger partial charge in [0.2, 0.25) is 0 Å². The molecular formula is C19H17F13O6S. The summed E-state index contributed by atoms with van der Waals surface area (Å²) in [5.41, 5.74) is -10.8. The molecule has 5 rings (SSSR count). The van der Waals surface area contributed by atoms with Crippen LogP contribution in [0.4, 0.5) is 57.1 Å². The van der Waals surface area contributed by atoms with E-state index in [2.05, 4.69) is 4.74 Å². The molecule has 1 N–H and O–H groups in total. The predicted molar refractivity (Wildman–Crippen MR) is 97.3 cm³/mol. The van der Waals surface area contributed by atoms with Crippen molar-refractivity contribution in [1.82, 2.24) is 0 Å². The van der Waals surface area contributed by atoms with E-state index in [-0.39, 0.29) is 19.3 Å². The van der Waals surface area contributed by atoms with Gasteiger partial charge >= 0.3 is 51.0 Å². The molecule has 39 heavy (non-hydrogen) atoms. The van der Waals surface area contributed by atoms with E-state index in [1.807, 2.05) is 0 Å². The van der Waals surface area contributed by atoms with Crippen molar-refractivity contribution in [3.05, 3.63) is 0 Å². The number of hydrogen-bond donors (Lipinski definition) is 1. The lowest BCUT2D eigenvalue weighted by molar-refractivity contribution is -0.489. The number of rotatable bonds is 6. The van der Waals surface area contributed by atoms with Crippen molar-refractivity contribution >= 4 is 16.1 Å². The number of esters is 1. The summed E-state index contributed by atoms with van der Waals surface area (Å²) in [6, 6.07) is 0. The summed E-state index contributed by atoms with van der Waals surface area (Å²) in [6.45, 7) is -2.99. The Bertz CT molecular complexity index is 1130. The van der Waals surface area contributed by atoms with Gasteiger partial charge in [-0.1, -0.05) is 0 Å². The van der Waals surface area contributed by atoms with Gasteiger partial charge in [0.1, 0.15) is 5.60 Å². The van der Waals surface area contributed by atoms with Crippen LogP contribution in [0.2, 0.25) is 0 Å². The molecule has 0 spiro atoms. The van der Waals surface area contributed by atoms with Crippen LogP contribution in [0, 0.1) is 11.8 Å². The smallest absolute Gasteiger partial charge is 0.454 e. The number of halogens is 13. The lowest BCUT2D eigenvalue weighted by atomic mass is 9.52. The molecule has 5 aliphatic carbocycles. The van der Waals surface area contributed by atoms with Gasteiger partial charge in [0, 0.05) is 6.42 Å². The Morgan fingerprint density at radius 2 is 1.13 bits per heavy atom. The average molecular weight is 620 g/mol. The molecule has 0 saturated heterocycles. The first-order chi connectivity index (χ1) is 17.2. The zero-order chi connectivity index (χ0) is 30.1. The molecule has 2 atom stereocenters. The van der Waals surface area contributed by atoms with Crippen LogP contribution in [0.1, 0.15) is 38.5 Å². The highest BCUT2D eigenvalue weighted by molar-refractivity contribution is 7.87. The molecule has 0 aliphatic heterocycles. The standard InChI is InChI=1S/C19H17F13O6S/c20-13(15(23,24)17(27,28)19(31,32)18(29,30)16(13,25)26)7-37-11-2-8-1-9(3-11)5-12(4-8,6-11)38-10(33)14(21,22)39(34,35)36/h8-9H,1-7H2,(H,34,35,36). The van der Waals surface area contributed by atoms with Crippen molar-refractivity contribution in [1.29, 1.82) is 0 Å². The molecule has 0 amide bonds. The van der Waals surface area contributed by atoms with Gasteiger partial charge in [-0.2, -0.15) is 61.1 Å². The van der Waals surface area contributed by atoms with Gasteiger partial charge < -0.3 is 9.47 Å². The van der Waals surface area contributed by atoms with Crippen LogP contribution in [0.15, 0.2) is 0 Å². The maximum Gasteiger partial charge on any atom is 0.465 e. The van der Waals surface area contributed by atoms with Gasteiger partial charge in [-0.15, -0.1) is 0 Å². The molecule has 0 heterocycles. The average Bonchev–Trinajstić information content (AvgIpc) is 2.74. The quantitative estimate of drug-likeness (QED) is 0.255. The van der Waals surface area contributed by atoms with Crippen LogP contribution >= 0.6 is 0 Å². The molecular weight excluding hydrogens is 603 g/mol. The van der Waals surface area contributed by atoms with Crippen LogP contribution in [-0.4, -0.2) is 77.3 Å². The van der Waals surface area contributed by atoms with Gasteiger partial charge in [-0.3, -0.25) is 4.55 Å². The summed E-state index contributed by atoms with van der Waals surface area (Å²) in [4.78, 5) is 11.9. The van der Waals surface area contributed by atoms with Crippen molar-refractivity contribution in [2.45, 2.75) is 90.3 Å². The molecule has 0 radical (unpaired) electrons. The molecule has 4 bridgehead atoms. The predicted octanol–water partition coefficient (Wildman–Crippen LogP) is 5.02. The van der Waals surface area contributed by atoms with Gasteiger partial charge in [-0.05, 0) is 43.9 Å². The van der Waals surface area contributed by atoms with Crippen molar-refractivity contribution in [2.24, 2.45) is 11.8 Å². The van der Waals surface area contributed by atoms with Crippen molar-refractivity contribution in [3.8, 4) is 0 Å². The van der Waals surface area contributed by atoms with E-state index in [9.17, 15) is 65.9 Å². The van der Waals surface area contributed by atoms with Gasteiger partial charge in [0.05, 0.1) is 12.2 Å². The van der Waals surface area contributed by atoms with Crippen LogP contribution in [0.5, 0.6) is 0 Å². The zero-order valence-corrected chi connectivity index (χ0v) is 19.7. The Balaban J connectivity index is 1.67. The normalized spacial score (nSPS) is 38.8. The molecule has 0 aromatic heterocycles. The summed E-state index contributed by atoms with van der Waals surface area (Å²) in [5, 5.41) is -5.50. The first-order valence-electron chi connectivity index (χ1n) is 11.0. The highest BCUT2D eigenvalue weighted by Gasteiger charge is 3.01. The van der Waals surface area contributed by atoms with Crippen LogP contribution in [-0.2, 0) is 24.4 Å².